The number of aliphatic hydroxyl groups is 1. The van der Waals surface area contributed by atoms with Crippen molar-refractivity contribution in [1.29, 1.82) is 0 Å². The lowest BCUT2D eigenvalue weighted by Crippen LogP contribution is -2.32. The number of nitro groups is 2. The van der Waals surface area contributed by atoms with E-state index in [2.05, 4.69) is 30.9 Å². The molecule has 0 saturated carbocycles. The van der Waals surface area contributed by atoms with Crippen molar-refractivity contribution in [1.82, 2.24) is 15.0 Å². The molecule has 0 aliphatic carbocycles. The van der Waals surface area contributed by atoms with Crippen LogP contribution in [-0.2, 0) is 0 Å². The van der Waals surface area contributed by atoms with Gasteiger partial charge in [0.2, 0.25) is 11.6 Å². The maximum atomic E-state index is 13.6. The number of anilines is 4. The van der Waals surface area contributed by atoms with Crippen LogP contribution in [0.15, 0.2) is 114 Å². The number of benzene rings is 3. The monoisotopic (exact) mass is 857 g/mol. The second-order valence-corrected chi connectivity index (χ2v) is 11.0. The number of hydrogen-bond donors (Lipinski definition) is 7. The third-order valence-corrected chi connectivity index (χ3v) is 7.39. The number of pyridine rings is 3. The average Bonchev–Trinajstić information content (AvgIpc) is 3.15. The van der Waals surface area contributed by atoms with Gasteiger partial charge in [0, 0.05) is 47.9 Å². The van der Waals surface area contributed by atoms with E-state index < -0.39 is 28.6 Å². The quantitative estimate of drug-likeness (QED) is 0.0582. The summed E-state index contributed by atoms with van der Waals surface area (Å²) in [4.78, 5) is 31.0. The minimum atomic E-state index is -1.72. The minimum Gasteiger partial charge on any atom is -0.423 e. The summed E-state index contributed by atoms with van der Waals surface area (Å²) in [6, 6.07) is 22.2. The van der Waals surface area contributed by atoms with Gasteiger partial charge in [-0.25, -0.2) is 28.1 Å². The highest BCUT2D eigenvalue weighted by atomic mass is 79.9. The van der Waals surface area contributed by atoms with E-state index in [1.54, 1.807) is 30.3 Å². The first kappa shape index (κ1) is 50.3. The fraction of sp³-hybridized carbons (Fsp3) is 0.0833. The topological polar surface area (TPSA) is 290 Å². The number of nitrogens with two attached hydrogens (primary N) is 4. The first-order chi connectivity index (χ1) is 26.1. The third kappa shape index (κ3) is 14.2. The van der Waals surface area contributed by atoms with Crippen LogP contribution in [0, 0.1) is 37.7 Å². The number of hydrogen-bond acceptors (Lipinski definition) is 14. The fourth-order valence-electron chi connectivity index (χ4n) is 4.27. The van der Waals surface area contributed by atoms with Crippen LogP contribution >= 0.6 is 15.9 Å². The molecular weight excluding hydrogens is 818 g/mol. The van der Waals surface area contributed by atoms with Crippen molar-refractivity contribution in [3.05, 3.63) is 152 Å². The van der Waals surface area contributed by atoms with Gasteiger partial charge in [0.15, 0.2) is 0 Å². The van der Waals surface area contributed by atoms with Crippen LogP contribution in [0.1, 0.15) is 14.9 Å². The summed E-state index contributed by atoms with van der Waals surface area (Å²) in [5.74, 6) is -1.55. The summed E-state index contributed by atoms with van der Waals surface area (Å²) < 4.78 is 39.9. The first-order valence-corrected chi connectivity index (χ1v) is 15.9. The Balaban J connectivity index is 0.000000729. The molecule has 0 bridgehead atoms. The van der Waals surface area contributed by atoms with Gasteiger partial charge in [0.25, 0.3) is 0 Å². The average molecular weight is 858 g/mol. The van der Waals surface area contributed by atoms with Crippen LogP contribution in [0.4, 0.5) is 47.7 Å². The van der Waals surface area contributed by atoms with Crippen LogP contribution in [0.3, 0.4) is 0 Å². The van der Waals surface area contributed by atoms with Gasteiger partial charge in [-0.3, -0.25) is 20.2 Å². The SMILES string of the molecule is C.C.CO.Nc1nccc(-c2ccccc2F)c1N.Nc1nccc(-c2ccccc2F)c1[N+](=O)[O-].Nc1nccc(Br)c1[N+](=O)[O-].OB(O)c1ccccc1F. The predicted molar refractivity (Wildman–Crippen MR) is 220 cm³/mol. The van der Waals surface area contributed by atoms with E-state index in [0.717, 1.165) is 7.11 Å². The molecule has 0 amide bonds. The Morgan fingerprint density at radius 2 is 0.965 bits per heavy atom. The Bertz CT molecular complexity index is 2210. The Morgan fingerprint density at radius 3 is 1.37 bits per heavy atom. The number of aliphatic hydroxyl groups excluding tert-OH is 1. The molecule has 21 heteroatoms. The normalized spacial score (nSPS) is 9.33. The molecule has 0 fully saturated rings. The molecule has 0 spiro atoms. The van der Waals surface area contributed by atoms with Gasteiger partial charge in [-0.05, 0) is 52.3 Å². The number of halogens is 4. The van der Waals surface area contributed by atoms with Gasteiger partial charge >= 0.3 is 18.5 Å². The molecule has 302 valence electrons. The smallest absolute Gasteiger partial charge is 0.423 e. The van der Waals surface area contributed by atoms with Crippen LogP contribution in [-0.4, -0.2) is 54.2 Å². The highest BCUT2D eigenvalue weighted by Crippen LogP contribution is 2.34. The summed E-state index contributed by atoms with van der Waals surface area (Å²) in [5, 5.41) is 45.2. The number of rotatable bonds is 5. The highest BCUT2D eigenvalue weighted by Gasteiger charge is 2.22. The van der Waals surface area contributed by atoms with Crippen molar-refractivity contribution in [3.8, 4) is 22.3 Å². The van der Waals surface area contributed by atoms with Crippen LogP contribution in [0.25, 0.3) is 22.3 Å². The summed E-state index contributed by atoms with van der Waals surface area (Å²) in [7, 11) is -0.721. The van der Waals surface area contributed by atoms with Crippen LogP contribution in [0.5, 0.6) is 0 Å². The molecule has 0 aliphatic heterocycles. The second-order valence-electron chi connectivity index (χ2n) is 10.1. The maximum Gasteiger partial charge on any atom is 0.491 e. The highest BCUT2D eigenvalue weighted by molar-refractivity contribution is 9.10. The summed E-state index contributed by atoms with van der Waals surface area (Å²) >= 11 is 2.99. The zero-order valence-corrected chi connectivity index (χ0v) is 30.1. The van der Waals surface area contributed by atoms with Crippen molar-refractivity contribution >= 4 is 63.0 Å². The molecule has 6 aromatic rings. The van der Waals surface area contributed by atoms with Gasteiger partial charge in [-0.15, -0.1) is 0 Å². The molecule has 11 N–H and O–H groups in total. The van der Waals surface area contributed by atoms with Gasteiger partial charge in [0.05, 0.1) is 21.1 Å². The first-order valence-electron chi connectivity index (χ1n) is 15.1. The van der Waals surface area contributed by atoms with E-state index in [1.807, 2.05) is 0 Å². The van der Waals surface area contributed by atoms with Crippen molar-refractivity contribution < 1.29 is 38.2 Å². The largest absolute Gasteiger partial charge is 0.491 e. The molecule has 0 aliphatic rings. The lowest BCUT2D eigenvalue weighted by Gasteiger charge is -2.07. The minimum absolute atomic E-state index is 0. The lowest BCUT2D eigenvalue weighted by atomic mass is 9.80. The Kier molecular flexibility index (Phi) is 21.8. The molecule has 3 heterocycles. The predicted octanol–water partition coefficient (Wildman–Crippen LogP) is 6.15. The van der Waals surface area contributed by atoms with Crippen molar-refractivity contribution in [2.24, 2.45) is 0 Å². The van der Waals surface area contributed by atoms with E-state index in [-0.39, 0.29) is 66.1 Å². The van der Waals surface area contributed by atoms with Crippen LogP contribution in [0.2, 0.25) is 0 Å². The standard InChI is InChI=1S/C11H8FN3O2.C11H10FN3.C6H6BFO2.C5H4BrN3O2.CH4O.2CH4/c12-9-4-2-1-3-7(9)8-5-6-14-11(13)10(8)15(16)17;12-9-4-2-1-3-7(9)8-5-6-15-11(14)10(8)13;8-6-4-2-1-3-5(6)7(9)10;6-3-1-2-8-5(7)4(3)9(10)11;1-2;;/h1-6H,(H2,13,14);1-6H,13H2,(H2,14,15);1-4,9-10H;1-2H,(H2,7,8);2H,1H3;2*1H4. The number of nitrogens with zero attached hydrogens (tertiary/aromatic N) is 5. The molecule has 57 heavy (non-hydrogen) atoms. The van der Waals surface area contributed by atoms with Gasteiger partial charge in [0.1, 0.15) is 27.7 Å². The molecule has 6 rings (SSSR count). The Labute approximate surface area is 334 Å². The fourth-order valence-corrected chi connectivity index (χ4v) is 4.74. The van der Waals surface area contributed by atoms with E-state index in [4.69, 9.17) is 38.1 Å². The lowest BCUT2D eigenvalue weighted by molar-refractivity contribution is -0.385. The zero-order chi connectivity index (χ0) is 41.2. The van der Waals surface area contributed by atoms with Crippen molar-refractivity contribution in [3.63, 3.8) is 0 Å². The van der Waals surface area contributed by atoms with Crippen molar-refractivity contribution in [2.45, 2.75) is 14.9 Å². The second kappa shape index (κ2) is 24.7. The van der Waals surface area contributed by atoms with E-state index >= 15 is 0 Å². The maximum absolute atomic E-state index is 13.6. The molecule has 0 unspecified atom stereocenters. The van der Waals surface area contributed by atoms with Gasteiger partial charge in [-0.2, -0.15) is 0 Å². The van der Waals surface area contributed by atoms with Crippen LogP contribution < -0.4 is 28.4 Å². The van der Waals surface area contributed by atoms with E-state index in [0.29, 0.717) is 21.3 Å². The summed E-state index contributed by atoms with van der Waals surface area (Å²) in [6.45, 7) is 0. The number of aromatic nitrogens is 3. The molecule has 0 saturated heterocycles. The Hall–Kier alpha value is -6.68. The molecule has 0 radical (unpaired) electrons. The molecule has 3 aromatic carbocycles. The molecule has 16 nitrogen and oxygen atoms in total. The summed E-state index contributed by atoms with van der Waals surface area (Å²) in [5.41, 5.74) is 22.9. The molecular formula is C36H40BBrF3N9O7. The zero-order valence-electron chi connectivity index (χ0n) is 28.5. The summed E-state index contributed by atoms with van der Waals surface area (Å²) in [6.07, 6.45) is 4.21. The Morgan fingerprint density at radius 1 is 0.579 bits per heavy atom. The third-order valence-electron chi connectivity index (χ3n) is 6.75. The molecule has 0 atom stereocenters. The van der Waals surface area contributed by atoms with Crippen molar-refractivity contribution in [2.75, 3.05) is 30.0 Å². The number of nitrogen functional groups attached to an aromatic ring is 4. The van der Waals surface area contributed by atoms with Gasteiger partial charge < -0.3 is 38.1 Å². The van der Waals surface area contributed by atoms with Gasteiger partial charge in [-0.1, -0.05) is 69.5 Å². The van der Waals surface area contributed by atoms with E-state index in [9.17, 15) is 33.4 Å². The van der Waals surface area contributed by atoms with E-state index in [1.165, 1.54) is 79.3 Å². The molecule has 3 aromatic heterocycles.